The summed E-state index contributed by atoms with van der Waals surface area (Å²) in [6.45, 7) is 1.85. The van der Waals surface area contributed by atoms with Crippen molar-refractivity contribution in [2.24, 2.45) is 12.8 Å². The SMILES string of the molecule is COc1cc(Nc2cc(Nc3c(C)cccc3C(N)=O)c(C#N)cn2)n(C)n1. The highest BCUT2D eigenvalue weighted by atomic mass is 16.5. The number of anilines is 4. The number of hydrogen-bond acceptors (Lipinski definition) is 7. The molecule has 1 aromatic carbocycles. The number of rotatable bonds is 6. The summed E-state index contributed by atoms with van der Waals surface area (Å²) in [5.74, 6) is 1.05. The van der Waals surface area contributed by atoms with E-state index in [4.69, 9.17) is 10.5 Å². The molecule has 9 heteroatoms. The summed E-state index contributed by atoms with van der Waals surface area (Å²) < 4.78 is 6.72. The zero-order chi connectivity index (χ0) is 20.3. The average Bonchev–Trinajstić information content (AvgIpc) is 3.03. The Hall–Kier alpha value is -4.06. The van der Waals surface area contributed by atoms with Gasteiger partial charge in [-0.25, -0.2) is 9.67 Å². The lowest BCUT2D eigenvalue weighted by Gasteiger charge is -2.15. The largest absolute Gasteiger partial charge is 0.480 e. The van der Waals surface area contributed by atoms with Crippen molar-refractivity contribution in [2.45, 2.75) is 6.92 Å². The Balaban J connectivity index is 1.98. The van der Waals surface area contributed by atoms with Crippen molar-refractivity contribution in [3.63, 3.8) is 0 Å². The van der Waals surface area contributed by atoms with Crippen LogP contribution in [0.5, 0.6) is 5.88 Å². The number of nitrogens with one attached hydrogen (secondary N) is 2. The molecule has 3 aromatic rings. The zero-order valence-corrected chi connectivity index (χ0v) is 15.6. The fraction of sp³-hybridized carbons (Fsp3) is 0.158. The number of carbonyl (C=O) groups is 1. The first-order valence-electron chi connectivity index (χ1n) is 8.34. The highest BCUT2D eigenvalue weighted by molar-refractivity contribution is 6.00. The van der Waals surface area contributed by atoms with Crippen molar-refractivity contribution in [3.8, 4) is 11.9 Å². The molecule has 2 heterocycles. The molecule has 0 saturated heterocycles. The third kappa shape index (κ3) is 3.71. The molecule has 0 fully saturated rings. The number of amides is 1. The minimum Gasteiger partial charge on any atom is -0.480 e. The Labute approximate surface area is 161 Å². The number of pyridine rings is 1. The molecule has 0 saturated carbocycles. The first-order chi connectivity index (χ1) is 13.4. The third-order valence-electron chi connectivity index (χ3n) is 4.15. The summed E-state index contributed by atoms with van der Waals surface area (Å²) in [5, 5.41) is 19.9. The van der Waals surface area contributed by atoms with E-state index in [2.05, 4.69) is 26.8 Å². The van der Waals surface area contributed by atoms with Gasteiger partial charge in [0.15, 0.2) is 0 Å². The molecule has 0 aliphatic rings. The fourth-order valence-corrected chi connectivity index (χ4v) is 2.68. The average molecular weight is 377 g/mol. The van der Waals surface area contributed by atoms with Gasteiger partial charge in [-0.05, 0) is 18.6 Å². The second kappa shape index (κ2) is 7.67. The fourth-order valence-electron chi connectivity index (χ4n) is 2.68. The van der Waals surface area contributed by atoms with Crippen molar-refractivity contribution in [1.29, 1.82) is 5.26 Å². The molecular formula is C19H19N7O2. The van der Waals surface area contributed by atoms with Gasteiger partial charge in [-0.1, -0.05) is 12.1 Å². The number of benzene rings is 1. The first-order valence-corrected chi connectivity index (χ1v) is 8.34. The number of carbonyl (C=O) groups excluding carboxylic acids is 1. The van der Waals surface area contributed by atoms with E-state index in [1.54, 1.807) is 36.0 Å². The molecule has 0 bridgehead atoms. The summed E-state index contributed by atoms with van der Waals surface area (Å²) in [6.07, 6.45) is 1.44. The van der Waals surface area contributed by atoms with Gasteiger partial charge >= 0.3 is 0 Å². The molecule has 0 aliphatic heterocycles. The van der Waals surface area contributed by atoms with Crippen molar-refractivity contribution in [3.05, 3.63) is 53.2 Å². The van der Waals surface area contributed by atoms with Crippen molar-refractivity contribution >= 4 is 28.9 Å². The quantitative estimate of drug-likeness (QED) is 0.601. The molecular weight excluding hydrogens is 358 g/mol. The van der Waals surface area contributed by atoms with Crippen LogP contribution in [0.25, 0.3) is 0 Å². The number of para-hydroxylation sites is 1. The number of aromatic nitrogens is 3. The maximum atomic E-state index is 11.8. The van der Waals surface area contributed by atoms with Crippen molar-refractivity contribution < 1.29 is 9.53 Å². The second-order valence-electron chi connectivity index (χ2n) is 6.03. The van der Waals surface area contributed by atoms with Gasteiger partial charge in [0.05, 0.1) is 29.6 Å². The van der Waals surface area contributed by atoms with Crippen LogP contribution in [0.15, 0.2) is 36.5 Å². The Morgan fingerprint density at radius 2 is 2.11 bits per heavy atom. The van der Waals surface area contributed by atoms with Crippen molar-refractivity contribution in [2.75, 3.05) is 17.7 Å². The van der Waals surface area contributed by atoms with E-state index in [-0.39, 0.29) is 0 Å². The monoisotopic (exact) mass is 377 g/mol. The van der Waals surface area contributed by atoms with E-state index < -0.39 is 5.91 Å². The zero-order valence-electron chi connectivity index (χ0n) is 15.6. The smallest absolute Gasteiger partial charge is 0.250 e. The summed E-state index contributed by atoms with van der Waals surface area (Å²) in [7, 11) is 3.30. The van der Waals surface area contributed by atoms with E-state index in [1.165, 1.54) is 13.3 Å². The highest BCUT2D eigenvalue weighted by Crippen LogP contribution is 2.29. The van der Waals surface area contributed by atoms with Crippen LogP contribution < -0.4 is 21.1 Å². The van der Waals surface area contributed by atoms with Crippen molar-refractivity contribution in [1.82, 2.24) is 14.8 Å². The van der Waals surface area contributed by atoms with Crippen LogP contribution in [0, 0.1) is 18.3 Å². The van der Waals surface area contributed by atoms with Crippen LogP contribution in [-0.2, 0) is 7.05 Å². The maximum absolute atomic E-state index is 11.8. The molecule has 1 amide bonds. The van der Waals surface area contributed by atoms with Gasteiger partial charge in [-0.2, -0.15) is 5.26 Å². The highest BCUT2D eigenvalue weighted by Gasteiger charge is 2.14. The molecule has 0 atom stereocenters. The molecule has 2 aromatic heterocycles. The van der Waals surface area contributed by atoms with Gasteiger partial charge in [0.1, 0.15) is 17.7 Å². The number of primary amides is 1. The minimum atomic E-state index is -0.556. The number of nitriles is 1. The summed E-state index contributed by atoms with van der Waals surface area (Å²) in [6, 6.07) is 10.7. The van der Waals surface area contributed by atoms with Gasteiger partial charge in [-0.3, -0.25) is 4.79 Å². The minimum absolute atomic E-state index is 0.326. The number of aryl methyl sites for hydroxylation is 2. The van der Waals surface area contributed by atoms with Gasteiger partial charge in [0.25, 0.3) is 5.91 Å². The Bertz CT molecular complexity index is 1080. The van der Waals surface area contributed by atoms with Crippen LogP contribution in [0.1, 0.15) is 21.5 Å². The number of nitrogens with zero attached hydrogens (tertiary/aromatic N) is 4. The predicted molar refractivity (Wildman–Crippen MR) is 105 cm³/mol. The number of nitrogens with two attached hydrogens (primary N) is 1. The third-order valence-corrected chi connectivity index (χ3v) is 4.15. The standard InChI is InChI=1S/C19H19N7O2/c1-11-5-4-6-13(19(21)27)18(11)23-14-7-15(22-10-12(14)9-20)24-16-8-17(28-3)25-26(16)2/h4-8,10H,1-3H3,(H2,21,27)(H2,22,23,24). The first kappa shape index (κ1) is 18.7. The van der Waals surface area contributed by atoms with Crippen LogP contribution in [0.4, 0.5) is 23.0 Å². The van der Waals surface area contributed by atoms with Crippen LogP contribution in [0.3, 0.4) is 0 Å². The van der Waals surface area contributed by atoms with E-state index in [1.807, 2.05) is 13.0 Å². The molecule has 0 unspecified atom stereocenters. The Morgan fingerprint density at radius 3 is 2.75 bits per heavy atom. The van der Waals surface area contributed by atoms with Crippen LogP contribution >= 0.6 is 0 Å². The second-order valence-corrected chi connectivity index (χ2v) is 6.03. The topological polar surface area (TPSA) is 131 Å². The van der Waals surface area contributed by atoms with Crippen LogP contribution in [0.2, 0.25) is 0 Å². The van der Waals surface area contributed by atoms with Crippen LogP contribution in [-0.4, -0.2) is 27.8 Å². The maximum Gasteiger partial charge on any atom is 0.250 e. The van der Waals surface area contributed by atoms with E-state index in [0.717, 1.165) is 5.56 Å². The van der Waals surface area contributed by atoms with Gasteiger partial charge in [-0.15, -0.1) is 5.10 Å². The number of ether oxygens (including phenoxy) is 1. The molecule has 4 N–H and O–H groups in total. The molecule has 142 valence electrons. The Kier molecular flexibility index (Phi) is 5.13. The molecule has 9 nitrogen and oxygen atoms in total. The number of hydrogen-bond donors (Lipinski definition) is 3. The molecule has 0 radical (unpaired) electrons. The molecule has 3 rings (SSSR count). The predicted octanol–water partition coefficient (Wildman–Crippen LogP) is 2.59. The lowest BCUT2D eigenvalue weighted by Crippen LogP contribution is -2.14. The summed E-state index contributed by atoms with van der Waals surface area (Å²) in [5.41, 5.74) is 8.01. The summed E-state index contributed by atoms with van der Waals surface area (Å²) >= 11 is 0. The lowest BCUT2D eigenvalue weighted by atomic mass is 10.1. The van der Waals surface area contributed by atoms with E-state index in [0.29, 0.717) is 40.0 Å². The van der Waals surface area contributed by atoms with Gasteiger partial charge < -0.3 is 21.1 Å². The van der Waals surface area contributed by atoms with E-state index in [9.17, 15) is 10.1 Å². The lowest BCUT2D eigenvalue weighted by molar-refractivity contribution is 0.100. The Morgan fingerprint density at radius 1 is 1.32 bits per heavy atom. The molecule has 0 aliphatic carbocycles. The molecule has 0 spiro atoms. The van der Waals surface area contributed by atoms with Gasteiger partial charge in [0.2, 0.25) is 5.88 Å². The molecule has 28 heavy (non-hydrogen) atoms. The normalized spacial score (nSPS) is 10.2. The van der Waals surface area contributed by atoms with E-state index >= 15 is 0 Å². The number of methoxy groups -OCH3 is 1. The summed E-state index contributed by atoms with van der Waals surface area (Å²) in [4.78, 5) is 16.0. The van der Waals surface area contributed by atoms with Gasteiger partial charge in [0, 0.05) is 25.4 Å².